The first-order valence-corrected chi connectivity index (χ1v) is 6.73. The van der Waals surface area contributed by atoms with Crippen LogP contribution in [0.3, 0.4) is 0 Å². The van der Waals surface area contributed by atoms with Gasteiger partial charge in [-0.3, -0.25) is 0 Å². The highest BCUT2D eigenvalue weighted by Gasteiger charge is 2.07. The fraction of sp³-hybridized carbons (Fsp3) is 0.133. The van der Waals surface area contributed by atoms with Crippen LogP contribution in [0.15, 0.2) is 36.4 Å². The van der Waals surface area contributed by atoms with E-state index in [0.717, 1.165) is 11.1 Å². The molecule has 2 aromatic rings. The van der Waals surface area contributed by atoms with Gasteiger partial charge in [0, 0.05) is 10.6 Å². The summed E-state index contributed by atoms with van der Waals surface area (Å²) in [6.07, 6.45) is 0. The summed E-state index contributed by atoms with van der Waals surface area (Å²) in [5.74, 6) is 0.263. The Balaban J connectivity index is 2.17. The van der Waals surface area contributed by atoms with Gasteiger partial charge in [-0.05, 0) is 42.3 Å². The van der Waals surface area contributed by atoms with Gasteiger partial charge in [0.05, 0.1) is 0 Å². The smallest absolute Gasteiger partial charge is 0.133 e. The zero-order valence-corrected chi connectivity index (χ0v) is 12.4. The summed E-state index contributed by atoms with van der Waals surface area (Å²) in [7, 11) is 0. The number of hydrogen-bond donors (Lipinski definition) is 1. The molecule has 0 bridgehead atoms. The first-order chi connectivity index (χ1) is 9.47. The van der Waals surface area contributed by atoms with E-state index < -0.39 is 5.82 Å². The van der Waals surface area contributed by atoms with E-state index in [9.17, 15) is 4.39 Å². The number of aryl methyl sites for hydroxylation is 1. The third-order valence-electron chi connectivity index (χ3n) is 2.84. The van der Waals surface area contributed by atoms with Gasteiger partial charge >= 0.3 is 0 Å². The van der Waals surface area contributed by atoms with Crippen LogP contribution in [0.5, 0.6) is 5.75 Å². The van der Waals surface area contributed by atoms with Crippen LogP contribution in [0.4, 0.5) is 4.39 Å². The van der Waals surface area contributed by atoms with E-state index in [4.69, 9.17) is 34.3 Å². The topological polar surface area (TPSA) is 35.2 Å². The molecule has 0 aliphatic heterocycles. The number of nitrogens with two attached hydrogens (primary N) is 1. The molecule has 104 valence electrons. The maximum Gasteiger partial charge on any atom is 0.133 e. The highest BCUT2D eigenvalue weighted by atomic mass is 35.5. The van der Waals surface area contributed by atoms with E-state index in [1.54, 1.807) is 24.3 Å². The molecule has 0 unspecified atom stereocenters. The lowest BCUT2D eigenvalue weighted by atomic mass is 10.1. The third kappa shape index (κ3) is 3.46. The Morgan fingerprint density at radius 3 is 2.75 bits per heavy atom. The summed E-state index contributed by atoms with van der Waals surface area (Å²) < 4.78 is 19.2. The van der Waals surface area contributed by atoms with Crippen molar-refractivity contribution in [1.29, 1.82) is 0 Å². The van der Waals surface area contributed by atoms with Crippen molar-refractivity contribution < 1.29 is 9.13 Å². The van der Waals surface area contributed by atoms with Crippen molar-refractivity contribution >= 4 is 28.8 Å². The number of halogens is 2. The Bertz CT molecular complexity index is 660. The fourth-order valence-electron chi connectivity index (χ4n) is 1.74. The van der Waals surface area contributed by atoms with Crippen molar-refractivity contribution in [3.63, 3.8) is 0 Å². The molecule has 0 heterocycles. The Labute approximate surface area is 127 Å². The SMILES string of the molecule is Cc1ccc(Cl)cc1OCc1ccc(F)c(C(N)=S)c1. The van der Waals surface area contributed by atoms with Gasteiger partial charge in [-0.15, -0.1) is 0 Å². The normalized spacial score (nSPS) is 10.3. The third-order valence-corrected chi connectivity index (χ3v) is 3.30. The van der Waals surface area contributed by atoms with Crippen molar-refractivity contribution in [2.45, 2.75) is 13.5 Å². The molecule has 2 nitrogen and oxygen atoms in total. The Hall–Kier alpha value is -1.65. The van der Waals surface area contributed by atoms with E-state index in [1.165, 1.54) is 6.07 Å². The summed E-state index contributed by atoms with van der Waals surface area (Å²) in [4.78, 5) is 0.0308. The van der Waals surface area contributed by atoms with Gasteiger partial charge in [-0.2, -0.15) is 0 Å². The van der Waals surface area contributed by atoms with Crippen LogP contribution < -0.4 is 10.5 Å². The van der Waals surface area contributed by atoms with Crippen molar-refractivity contribution in [1.82, 2.24) is 0 Å². The number of hydrogen-bond acceptors (Lipinski definition) is 2. The predicted molar refractivity (Wildman–Crippen MR) is 82.8 cm³/mol. The predicted octanol–water partition coefficient (Wildman–Crippen LogP) is 4.00. The lowest BCUT2D eigenvalue weighted by molar-refractivity contribution is 0.304. The van der Waals surface area contributed by atoms with Crippen molar-refractivity contribution in [3.8, 4) is 5.75 Å². The average molecular weight is 310 g/mol. The summed E-state index contributed by atoms with van der Waals surface area (Å²) in [5, 5.41) is 0.605. The Kier molecular flexibility index (Phi) is 4.57. The zero-order chi connectivity index (χ0) is 14.7. The molecular formula is C15H13ClFNOS. The summed E-state index contributed by atoms with van der Waals surface area (Å²) in [5.41, 5.74) is 7.46. The number of benzene rings is 2. The lowest BCUT2D eigenvalue weighted by Crippen LogP contribution is -2.12. The molecule has 0 aliphatic carbocycles. The molecule has 0 saturated heterocycles. The maximum absolute atomic E-state index is 13.5. The van der Waals surface area contributed by atoms with Crippen LogP contribution in [-0.4, -0.2) is 4.99 Å². The van der Waals surface area contributed by atoms with Crippen molar-refractivity contribution in [2.75, 3.05) is 0 Å². The number of ether oxygens (including phenoxy) is 1. The minimum Gasteiger partial charge on any atom is -0.489 e. The monoisotopic (exact) mass is 309 g/mol. The largest absolute Gasteiger partial charge is 0.489 e. The molecule has 5 heteroatoms. The van der Waals surface area contributed by atoms with Crippen LogP contribution in [0.25, 0.3) is 0 Å². The Morgan fingerprint density at radius 1 is 1.30 bits per heavy atom. The van der Waals surface area contributed by atoms with Crippen LogP contribution in [-0.2, 0) is 6.61 Å². The fourth-order valence-corrected chi connectivity index (χ4v) is 2.06. The highest BCUT2D eigenvalue weighted by Crippen LogP contribution is 2.23. The quantitative estimate of drug-likeness (QED) is 0.867. The van der Waals surface area contributed by atoms with Crippen molar-refractivity contribution in [2.24, 2.45) is 5.73 Å². The van der Waals surface area contributed by atoms with Crippen LogP contribution in [0.2, 0.25) is 5.02 Å². The summed E-state index contributed by atoms with van der Waals surface area (Å²) >= 11 is 10.7. The minimum absolute atomic E-state index is 0.0308. The highest BCUT2D eigenvalue weighted by molar-refractivity contribution is 7.80. The summed E-state index contributed by atoms with van der Waals surface area (Å²) in [6.45, 7) is 2.22. The van der Waals surface area contributed by atoms with Crippen molar-refractivity contribution in [3.05, 3.63) is 63.9 Å². The van der Waals surface area contributed by atoms with Gasteiger partial charge < -0.3 is 10.5 Å². The van der Waals surface area contributed by atoms with Gasteiger partial charge in [0.1, 0.15) is 23.2 Å². The molecule has 20 heavy (non-hydrogen) atoms. The van der Waals surface area contributed by atoms with Gasteiger partial charge in [-0.1, -0.05) is 36.0 Å². The van der Waals surface area contributed by atoms with E-state index in [2.05, 4.69) is 0 Å². The molecule has 0 aliphatic rings. The number of thiocarbonyl (C=S) groups is 1. The van der Waals surface area contributed by atoms with Gasteiger partial charge in [0.15, 0.2) is 0 Å². The molecule has 0 spiro atoms. The van der Waals surface area contributed by atoms with Crippen LogP contribution >= 0.6 is 23.8 Å². The van der Waals surface area contributed by atoms with Crippen LogP contribution in [0, 0.1) is 12.7 Å². The average Bonchev–Trinajstić information content (AvgIpc) is 2.41. The van der Waals surface area contributed by atoms with E-state index in [1.807, 2.05) is 13.0 Å². The second-order valence-electron chi connectivity index (χ2n) is 4.38. The van der Waals surface area contributed by atoms with Gasteiger partial charge in [-0.25, -0.2) is 4.39 Å². The first-order valence-electron chi connectivity index (χ1n) is 5.94. The molecule has 0 radical (unpaired) electrons. The lowest BCUT2D eigenvalue weighted by Gasteiger charge is -2.10. The standard InChI is InChI=1S/C15H13ClFNOS/c1-9-2-4-11(16)7-14(9)19-8-10-3-5-13(17)12(6-10)15(18)20/h2-7H,8H2,1H3,(H2,18,20). The minimum atomic E-state index is -0.430. The Morgan fingerprint density at radius 2 is 2.05 bits per heavy atom. The maximum atomic E-state index is 13.5. The van der Waals surface area contributed by atoms with E-state index >= 15 is 0 Å². The molecule has 2 aromatic carbocycles. The summed E-state index contributed by atoms with van der Waals surface area (Å²) in [6, 6.07) is 9.98. The molecule has 0 amide bonds. The molecular weight excluding hydrogens is 297 g/mol. The first kappa shape index (κ1) is 14.8. The second kappa shape index (κ2) is 6.20. The van der Waals surface area contributed by atoms with E-state index in [-0.39, 0.29) is 17.2 Å². The number of rotatable bonds is 4. The zero-order valence-electron chi connectivity index (χ0n) is 10.8. The van der Waals surface area contributed by atoms with E-state index in [0.29, 0.717) is 10.8 Å². The molecule has 0 fully saturated rings. The second-order valence-corrected chi connectivity index (χ2v) is 5.25. The van der Waals surface area contributed by atoms with Gasteiger partial charge in [0.2, 0.25) is 0 Å². The van der Waals surface area contributed by atoms with Crippen LogP contribution in [0.1, 0.15) is 16.7 Å². The molecule has 0 atom stereocenters. The molecule has 0 aromatic heterocycles. The van der Waals surface area contributed by atoms with Gasteiger partial charge in [0.25, 0.3) is 0 Å². The molecule has 2 rings (SSSR count). The molecule has 0 saturated carbocycles. The molecule has 2 N–H and O–H groups in total.